The van der Waals surface area contributed by atoms with E-state index in [0.717, 1.165) is 18.7 Å². The van der Waals surface area contributed by atoms with Crippen LogP contribution in [0.2, 0.25) is 0 Å². The summed E-state index contributed by atoms with van der Waals surface area (Å²) in [5.41, 5.74) is 2.61. The van der Waals surface area contributed by atoms with Gasteiger partial charge in [-0.05, 0) is 57.0 Å². The molecule has 1 aliphatic heterocycles. The molecule has 0 unspecified atom stereocenters. The Labute approximate surface area is 196 Å². The molecule has 2 aromatic rings. The third-order valence-electron chi connectivity index (χ3n) is 5.85. The van der Waals surface area contributed by atoms with Crippen LogP contribution in [0, 0.1) is 6.92 Å². The lowest BCUT2D eigenvalue weighted by atomic mass is 10.0. The Morgan fingerprint density at radius 1 is 1.03 bits per heavy atom. The minimum absolute atomic E-state index is 0.0964. The smallest absolute Gasteiger partial charge is 0.410 e. The van der Waals surface area contributed by atoms with Crippen molar-refractivity contribution < 1.29 is 19.4 Å². The van der Waals surface area contributed by atoms with Crippen molar-refractivity contribution in [3.05, 3.63) is 59.7 Å². The summed E-state index contributed by atoms with van der Waals surface area (Å²) in [4.78, 5) is 31.9. The highest BCUT2D eigenvalue weighted by Gasteiger charge is 2.34. The van der Waals surface area contributed by atoms with Gasteiger partial charge in [-0.25, -0.2) is 4.79 Å². The second-order valence-corrected chi connectivity index (χ2v) is 9.58. The maximum atomic E-state index is 13.6. The van der Waals surface area contributed by atoms with Gasteiger partial charge in [0.25, 0.3) is 0 Å². The molecule has 0 aliphatic carbocycles. The number of amides is 2. The Balaban J connectivity index is 1.75. The minimum atomic E-state index is -0.700. The van der Waals surface area contributed by atoms with E-state index in [1.165, 1.54) is 16.2 Å². The fourth-order valence-electron chi connectivity index (χ4n) is 4.00. The number of phenols is 1. The van der Waals surface area contributed by atoms with Crippen LogP contribution in [-0.4, -0.2) is 71.8 Å². The molecule has 2 amide bonds. The number of piperazine rings is 1. The van der Waals surface area contributed by atoms with Gasteiger partial charge in [-0.3, -0.25) is 9.69 Å². The Kier molecular flexibility index (Phi) is 7.51. The summed E-state index contributed by atoms with van der Waals surface area (Å²) in [5, 5.41) is 9.60. The van der Waals surface area contributed by atoms with E-state index in [0.29, 0.717) is 19.5 Å². The Morgan fingerprint density at radius 2 is 1.64 bits per heavy atom. The molecule has 1 heterocycles. The predicted octanol–water partition coefficient (Wildman–Crippen LogP) is 3.83. The van der Waals surface area contributed by atoms with E-state index in [4.69, 9.17) is 4.74 Å². The number of hydrogen-bond acceptors (Lipinski definition) is 5. The van der Waals surface area contributed by atoms with Gasteiger partial charge in [0.05, 0.1) is 0 Å². The van der Waals surface area contributed by atoms with Gasteiger partial charge in [0.15, 0.2) is 0 Å². The number of rotatable bonds is 5. The number of hydrogen-bond donors (Lipinski definition) is 1. The van der Waals surface area contributed by atoms with Gasteiger partial charge < -0.3 is 19.6 Å². The van der Waals surface area contributed by atoms with Crippen LogP contribution >= 0.6 is 0 Å². The molecular formula is C26H35N3O4. The number of benzene rings is 2. The number of ether oxygens (including phenoxy) is 1. The van der Waals surface area contributed by atoms with Gasteiger partial charge in [-0.2, -0.15) is 0 Å². The van der Waals surface area contributed by atoms with Gasteiger partial charge in [0.2, 0.25) is 5.91 Å². The van der Waals surface area contributed by atoms with E-state index in [9.17, 15) is 14.7 Å². The molecule has 33 heavy (non-hydrogen) atoms. The molecule has 7 nitrogen and oxygen atoms in total. The van der Waals surface area contributed by atoms with Gasteiger partial charge in [-0.1, -0.05) is 30.3 Å². The molecule has 1 fully saturated rings. The normalized spacial score (nSPS) is 15.2. The molecule has 0 saturated carbocycles. The van der Waals surface area contributed by atoms with E-state index < -0.39 is 17.7 Å². The average molecular weight is 454 g/mol. The van der Waals surface area contributed by atoms with E-state index >= 15 is 0 Å². The molecule has 0 bridgehead atoms. The van der Waals surface area contributed by atoms with Gasteiger partial charge in [0, 0.05) is 45.3 Å². The highest BCUT2D eigenvalue weighted by atomic mass is 16.6. The molecular weight excluding hydrogens is 418 g/mol. The molecule has 178 valence electrons. The van der Waals surface area contributed by atoms with Crippen molar-refractivity contribution in [1.29, 1.82) is 0 Å². The lowest BCUT2D eigenvalue weighted by Crippen LogP contribution is -2.56. The molecule has 1 saturated heterocycles. The van der Waals surface area contributed by atoms with Crippen LogP contribution < -0.4 is 4.90 Å². The van der Waals surface area contributed by atoms with Crippen molar-refractivity contribution in [3.8, 4) is 5.75 Å². The Morgan fingerprint density at radius 3 is 2.21 bits per heavy atom. The monoisotopic (exact) mass is 453 g/mol. The Hall–Kier alpha value is -3.22. The van der Waals surface area contributed by atoms with E-state index in [2.05, 4.69) is 24.0 Å². The van der Waals surface area contributed by atoms with Gasteiger partial charge in [-0.15, -0.1) is 0 Å². The number of phenolic OH excluding ortho intramolecular Hbond substituents is 1. The topological polar surface area (TPSA) is 73.3 Å². The highest BCUT2D eigenvalue weighted by Crippen LogP contribution is 2.22. The minimum Gasteiger partial charge on any atom is -0.508 e. The first-order valence-corrected chi connectivity index (χ1v) is 11.4. The van der Waals surface area contributed by atoms with Crippen molar-refractivity contribution in [2.45, 2.75) is 45.8 Å². The second-order valence-electron chi connectivity index (χ2n) is 9.58. The number of carbonyl (C=O) groups is 2. The number of aryl methyl sites for hydroxylation is 1. The predicted molar refractivity (Wildman–Crippen MR) is 130 cm³/mol. The number of anilines is 1. The first kappa shape index (κ1) is 24.4. The quantitative estimate of drug-likeness (QED) is 0.745. The first-order chi connectivity index (χ1) is 15.5. The first-order valence-electron chi connectivity index (χ1n) is 11.4. The summed E-state index contributed by atoms with van der Waals surface area (Å²) in [5.74, 6) is 0.0651. The molecule has 2 aromatic carbocycles. The largest absolute Gasteiger partial charge is 0.508 e. The summed E-state index contributed by atoms with van der Waals surface area (Å²) in [7, 11) is 1.61. The summed E-state index contributed by atoms with van der Waals surface area (Å²) in [6.45, 7) is 10.2. The van der Waals surface area contributed by atoms with E-state index in [-0.39, 0.29) is 11.7 Å². The van der Waals surface area contributed by atoms with Crippen molar-refractivity contribution in [2.24, 2.45) is 0 Å². The summed E-state index contributed by atoms with van der Waals surface area (Å²) in [6, 6.07) is 14.3. The third kappa shape index (κ3) is 6.40. The zero-order valence-electron chi connectivity index (χ0n) is 20.2. The van der Waals surface area contributed by atoms with Crippen molar-refractivity contribution >= 4 is 17.7 Å². The fourth-order valence-corrected chi connectivity index (χ4v) is 4.00. The molecule has 3 rings (SSSR count). The van der Waals surface area contributed by atoms with Crippen LogP contribution in [0.5, 0.6) is 5.75 Å². The zero-order chi connectivity index (χ0) is 24.2. The molecule has 1 aliphatic rings. The second kappa shape index (κ2) is 10.1. The van der Waals surface area contributed by atoms with Crippen LogP contribution in [0.15, 0.2) is 48.5 Å². The summed E-state index contributed by atoms with van der Waals surface area (Å²) < 4.78 is 5.53. The number of likely N-dealkylation sites (N-methyl/N-ethyl adjacent to an activating group) is 1. The number of aromatic hydroxyl groups is 1. The van der Waals surface area contributed by atoms with Crippen molar-refractivity contribution in [2.75, 3.05) is 38.1 Å². The molecule has 1 atom stereocenters. The van der Waals surface area contributed by atoms with E-state index in [1.54, 1.807) is 52.1 Å². The zero-order valence-corrected chi connectivity index (χ0v) is 20.2. The average Bonchev–Trinajstić information content (AvgIpc) is 2.77. The number of nitrogens with zero attached hydrogens (tertiary/aromatic N) is 3. The maximum absolute atomic E-state index is 13.6. The lowest BCUT2D eigenvalue weighted by molar-refractivity contribution is -0.136. The number of carbonyl (C=O) groups excluding carboxylic acids is 2. The van der Waals surface area contributed by atoms with Crippen LogP contribution in [-0.2, 0) is 16.0 Å². The van der Waals surface area contributed by atoms with Gasteiger partial charge in [0.1, 0.15) is 17.4 Å². The SMILES string of the molecule is Cc1ccccc1N1CCN(C(=O)[C@H](Cc2ccc(O)cc2)N(C)C(=O)OC(C)(C)C)CC1. The molecule has 0 spiro atoms. The van der Waals surface area contributed by atoms with E-state index in [1.807, 2.05) is 17.0 Å². The standard InChI is InChI=1S/C26H35N3O4/c1-19-8-6-7-9-22(19)28-14-16-29(17-15-28)24(31)23(18-20-10-12-21(30)13-11-20)27(5)25(32)33-26(2,3)4/h6-13,23,30H,14-18H2,1-5H3/t23-/m0/s1. The molecule has 1 N–H and O–H groups in total. The van der Waals surface area contributed by atoms with Crippen LogP contribution in [0.4, 0.5) is 10.5 Å². The van der Waals surface area contributed by atoms with Crippen molar-refractivity contribution in [1.82, 2.24) is 9.80 Å². The lowest BCUT2D eigenvalue weighted by Gasteiger charge is -2.39. The van der Waals surface area contributed by atoms with Crippen LogP contribution in [0.3, 0.4) is 0 Å². The van der Waals surface area contributed by atoms with Crippen LogP contribution in [0.1, 0.15) is 31.9 Å². The molecule has 0 aromatic heterocycles. The summed E-state index contributed by atoms with van der Waals surface area (Å²) >= 11 is 0. The summed E-state index contributed by atoms with van der Waals surface area (Å²) in [6.07, 6.45) is -0.189. The third-order valence-corrected chi connectivity index (χ3v) is 5.85. The van der Waals surface area contributed by atoms with Crippen LogP contribution in [0.25, 0.3) is 0 Å². The fraction of sp³-hybridized carbons (Fsp3) is 0.462. The van der Waals surface area contributed by atoms with Crippen molar-refractivity contribution in [3.63, 3.8) is 0 Å². The maximum Gasteiger partial charge on any atom is 0.410 e. The molecule has 7 heteroatoms. The Bertz CT molecular complexity index is 960. The number of para-hydroxylation sites is 1. The highest BCUT2D eigenvalue weighted by molar-refractivity contribution is 5.86. The molecule has 0 radical (unpaired) electrons. The van der Waals surface area contributed by atoms with Gasteiger partial charge >= 0.3 is 6.09 Å².